The Morgan fingerprint density at radius 2 is 2.33 bits per heavy atom. The second-order valence-corrected chi connectivity index (χ2v) is 3.44. The summed E-state index contributed by atoms with van der Waals surface area (Å²) < 4.78 is 0. The van der Waals surface area contributed by atoms with Crippen LogP contribution in [-0.4, -0.2) is 30.1 Å². The van der Waals surface area contributed by atoms with E-state index in [1.807, 2.05) is 6.92 Å². The molecule has 12 heavy (non-hydrogen) atoms. The van der Waals surface area contributed by atoms with E-state index in [-0.39, 0.29) is 0 Å². The molecule has 1 heterocycles. The lowest BCUT2D eigenvalue weighted by molar-refractivity contribution is 0.159. The number of rotatable bonds is 1. The van der Waals surface area contributed by atoms with Crippen molar-refractivity contribution in [1.82, 2.24) is 4.90 Å². The summed E-state index contributed by atoms with van der Waals surface area (Å²) in [4.78, 5) is 2.37. The first-order valence-electron chi connectivity index (χ1n) is 4.65. The number of piperidine rings is 1. The van der Waals surface area contributed by atoms with Crippen molar-refractivity contribution in [2.75, 3.05) is 13.1 Å². The van der Waals surface area contributed by atoms with Crippen LogP contribution in [0, 0.1) is 11.8 Å². The van der Waals surface area contributed by atoms with E-state index in [1.54, 1.807) is 0 Å². The molecule has 2 nitrogen and oxygen atoms in total. The molecule has 2 N–H and O–H groups in total. The van der Waals surface area contributed by atoms with Crippen LogP contribution in [0.25, 0.3) is 0 Å². The fourth-order valence-corrected chi connectivity index (χ4v) is 1.65. The summed E-state index contributed by atoms with van der Waals surface area (Å²) in [5, 5.41) is 0. The van der Waals surface area contributed by atoms with Crippen molar-refractivity contribution in [3.63, 3.8) is 0 Å². The Morgan fingerprint density at radius 3 is 3.00 bits per heavy atom. The minimum Gasteiger partial charge on any atom is -0.326 e. The molecule has 2 unspecified atom stereocenters. The van der Waals surface area contributed by atoms with Gasteiger partial charge in [0.25, 0.3) is 0 Å². The minimum atomic E-state index is 0.345. The highest BCUT2D eigenvalue weighted by Crippen LogP contribution is 2.14. The van der Waals surface area contributed by atoms with Gasteiger partial charge in [-0.2, -0.15) is 0 Å². The van der Waals surface area contributed by atoms with Crippen LogP contribution >= 0.6 is 0 Å². The van der Waals surface area contributed by atoms with Gasteiger partial charge in [0.1, 0.15) is 0 Å². The first kappa shape index (κ1) is 9.57. The summed E-state index contributed by atoms with van der Waals surface area (Å²) in [6.45, 7) is 6.12. The Hall–Kier alpha value is -0.520. The topological polar surface area (TPSA) is 29.3 Å². The van der Waals surface area contributed by atoms with Crippen molar-refractivity contribution in [3.05, 3.63) is 0 Å². The summed E-state index contributed by atoms with van der Waals surface area (Å²) in [6.07, 6.45) is 2.38. The fraction of sp³-hybridized carbons (Fsp3) is 0.800. The van der Waals surface area contributed by atoms with Crippen molar-refractivity contribution in [3.8, 4) is 11.8 Å². The molecular weight excluding hydrogens is 148 g/mol. The molecule has 0 aromatic rings. The van der Waals surface area contributed by atoms with Gasteiger partial charge >= 0.3 is 0 Å². The molecule has 2 heteroatoms. The predicted molar refractivity (Wildman–Crippen MR) is 51.7 cm³/mol. The molecule has 1 aliphatic heterocycles. The summed E-state index contributed by atoms with van der Waals surface area (Å²) in [6, 6.07) is 0.844. The summed E-state index contributed by atoms with van der Waals surface area (Å²) in [7, 11) is 0. The molecule has 2 atom stereocenters. The summed E-state index contributed by atoms with van der Waals surface area (Å²) in [5.74, 6) is 6.01. The van der Waals surface area contributed by atoms with Crippen LogP contribution in [0.15, 0.2) is 0 Å². The molecule has 0 aliphatic carbocycles. The number of nitrogens with two attached hydrogens (primary N) is 1. The Kier molecular flexibility index (Phi) is 3.58. The van der Waals surface area contributed by atoms with E-state index in [9.17, 15) is 0 Å². The van der Waals surface area contributed by atoms with Gasteiger partial charge in [-0.3, -0.25) is 4.90 Å². The summed E-state index contributed by atoms with van der Waals surface area (Å²) in [5.41, 5.74) is 5.95. The Labute approximate surface area is 75.1 Å². The van der Waals surface area contributed by atoms with E-state index < -0.39 is 0 Å². The predicted octanol–water partition coefficient (Wildman–Crippen LogP) is 0.821. The van der Waals surface area contributed by atoms with E-state index in [0.29, 0.717) is 12.1 Å². The second kappa shape index (κ2) is 4.49. The van der Waals surface area contributed by atoms with Crippen LogP contribution in [-0.2, 0) is 0 Å². The average Bonchev–Trinajstić information content (AvgIpc) is 2.08. The number of likely N-dealkylation sites (tertiary alicyclic amines) is 1. The van der Waals surface area contributed by atoms with Crippen LogP contribution < -0.4 is 5.73 Å². The zero-order chi connectivity index (χ0) is 8.97. The highest BCUT2D eigenvalue weighted by Gasteiger charge is 2.23. The normalized spacial score (nSPS) is 30.9. The molecule has 0 aromatic heterocycles. The average molecular weight is 166 g/mol. The molecule has 1 rings (SSSR count). The maximum absolute atomic E-state index is 5.95. The monoisotopic (exact) mass is 166 g/mol. The van der Waals surface area contributed by atoms with Crippen LogP contribution in [0.1, 0.15) is 26.7 Å². The van der Waals surface area contributed by atoms with Gasteiger partial charge in [0.15, 0.2) is 0 Å². The van der Waals surface area contributed by atoms with E-state index in [4.69, 9.17) is 5.73 Å². The van der Waals surface area contributed by atoms with Crippen LogP contribution in [0.3, 0.4) is 0 Å². The standard InChI is InChI=1S/C10H18N2/c1-3-4-7-12-8-5-6-10(11)9(12)2/h9-10H,5-8,11H2,1-2H3. The van der Waals surface area contributed by atoms with E-state index in [2.05, 4.69) is 23.7 Å². The number of hydrogen-bond acceptors (Lipinski definition) is 2. The lowest BCUT2D eigenvalue weighted by atomic mass is 9.99. The van der Waals surface area contributed by atoms with Gasteiger partial charge in [-0.25, -0.2) is 0 Å². The molecule has 0 saturated carbocycles. The molecular formula is C10H18N2. The zero-order valence-electron chi connectivity index (χ0n) is 8.01. The van der Waals surface area contributed by atoms with E-state index in [1.165, 1.54) is 6.42 Å². The van der Waals surface area contributed by atoms with Crippen LogP contribution in [0.2, 0.25) is 0 Å². The molecule has 68 valence electrons. The van der Waals surface area contributed by atoms with Crippen molar-refractivity contribution < 1.29 is 0 Å². The molecule has 0 amide bonds. The molecule has 0 aromatic carbocycles. The Balaban J connectivity index is 2.44. The van der Waals surface area contributed by atoms with Crippen LogP contribution in [0.5, 0.6) is 0 Å². The number of nitrogens with zero attached hydrogens (tertiary/aromatic N) is 1. The first-order valence-corrected chi connectivity index (χ1v) is 4.65. The highest BCUT2D eigenvalue weighted by atomic mass is 15.2. The maximum Gasteiger partial charge on any atom is 0.0604 e. The maximum atomic E-state index is 5.95. The van der Waals surface area contributed by atoms with Gasteiger partial charge < -0.3 is 5.73 Å². The third-order valence-electron chi connectivity index (χ3n) is 2.64. The van der Waals surface area contributed by atoms with Gasteiger partial charge in [-0.05, 0) is 33.2 Å². The van der Waals surface area contributed by atoms with Crippen molar-refractivity contribution in [1.29, 1.82) is 0 Å². The molecule has 1 fully saturated rings. The van der Waals surface area contributed by atoms with Crippen molar-refractivity contribution in [2.24, 2.45) is 5.73 Å². The molecule has 0 radical (unpaired) electrons. The Bertz CT molecular complexity index is 190. The van der Waals surface area contributed by atoms with Gasteiger partial charge in [0.05, 0.1) is 6.54 Å². The van der Waals surface area contributed by atoms with Gasteiger partial charge in [-0.1, -0.05) is 5.92 Å². The third kappa shape index (κ3) is 2.23. The SMILES string of the molecule is CC#CCN1CCCC(N)C1C. The minimum absolute atomic E-state index is 0.345. The molecule has 1 aliphatic rings. The van der Waals surface area contributed by atoms with Gasteiger partial charge in [0.2, 0.25) is 0 Å². The van der Waals surface area contributed by atoms with Crippen molar-refractivity contribution in [2.45, 2.75) is 38.8 Å². The van der Waals surface area contributed by atoms with Gasteiger partial charge in [-0.15, -0.1) is 5.92 Å². The largest absolute Gasteiger partial charge is 0.326 e. The molecule has 0 spiro atoms. The van der Waals surface area contributed by atoms with Gasteiger partial charge in [0, 0.05) is 12.1 Å². The quantitative estimate of drug-likeness (QED) is 0.584. The smallest absolute Gasteiger partial charge is 0.0604 e. The highest BCUT2D eigenvalue weighted by molar-refractivity contribution is 5.00. The second-order valence-electron chi connectivity index (χ2n) is 3.44. The third-order valence-corrected chi connectivity index (χ3v) is 2.64. The lowest BCUT2D eigenvalue weighted by Crippen LogP contribution is -2.50. The fourth-order valence-electron chi connectivity index (χ4n) is 1.65. The summed E-state index contributed by atoms with van der Waals surface area (Å²) >= 11 is 0. The lowest BCUT2D eigenvalue weighted by Gasteiger charge is -2.36. The molecule has 0 bridgehead atoms. The first-order chi connectivity index (χ1) is 5.75. The Morgan fingerprint density at radius 1 is 1.58 bits per heavy atom. The van der Waals surface area contributed by atoms with E-state index in [0.717, 1.165) is 19.5 Å². The number of hydrogen-bond donors (Lipinski definition) is 1. The molecule has 1 saturated heterocycles. The van der Waals surface area contributed by atoms with E-state index >= 15 is 0 Å². The zero-order valence-corrected chi connectivity index (χ0v) is 8.01. The van der Waals surface area contributed by atoms with Crippen LogP contribution in [0.4, 0.5) is 0 Å². The van der Waals surface area contributed by atoms with Crippen molar-refractivity contribution >= 4 is 0 Å².